The van der Waals surface area contributed by atoms with E-state index >= 15 is 0 Å². The van der Waals surface area contributed by atoms with Crippen molar-refractivity contribution in [3.8, 4) is 5.75 Å². The molecule has 0 aliphatic rings. The van der Waals surface area contributed by atoms with Gasteiger partial charge in [0.2, 0.25) is 0 Å². The molecule has 2 aromatic carbocycles. The number of benzene rings is 2. The highest BCUT2D eigenvalue weighted by molar-refractivity contribution is 5.36. The molecule has 0 radical (unpaired) electrons. The van der Waals surface area contributed by atoms with Gasteiger partial charge in [-0.25, -0.2) is 0 Å². The van der Waals surface area contributed by atoms with Crippen molar-refractivity contribution in [3.63, 3.8) is 0 Å². The molecule has 0 amide bonds. The summed E-state index contributed by atoms with van der Waals surface area (Å²) in [6.07, 6.45) is -0.908. The molecule has 0 aliphatic carbocycles. The molecule has 0 fully saturated rings. The number of hydrogen-bond acceptors (Lipinski definition) is 4. The van der Waals surface area contributed by atoms with Crippen LogP contribution in [0.15, 0.2) is 48.5 Å². The third kappa shape index (κ3) is 3.33. The molecule has 0 heterocycles. The molecule has 20 heavy (non-hydrogen) atoms. The number of hydrogen-bond donors (Lipinski definition) is 1. The summed E-state index contributed by atoms with van der Waals surface area (Å²) >= 11 is 0. The predicted molar refractivity (Wildman–Crippen MR) is 74.7 cm³/mol. The lowest BCUT2D eigenvalue weighted by Crippen LogP contribution is -2.10. The molecule has 5 nitrogen and oxygen atoms in total. The Morgan fingerprint density at radius 3 is 2.70 bits per heavy atom. The highest BCUT2D eigenvalue weighted by atomic mass is 16.6. The van der Waals surface area contributed by atoms with Crippen LogP contribution in [0.1, 0.15) is 17.2 Å². The maximum atomic E-state index is 10.7. The Labute approximate surface area is 116 Å². The van der Waals surface area contributed by atoms with Crippen LogP contribution in [-0.4, -0.2) is 16.6 Å². The number of para-hydroxylation sites is 1. The fourth-order valence-electron chi connectivity index (χ4n) is 1.83. The van der Waals surface area contributed by atoms with Crippen molar-refractivity contribution in [2.24, 2.45) is 0 Å². The molecule has 2 rings (SSSR count). The van der Waals surface area contributed by atoms with Crippen molar-refractivity contribution in [2.45, 2.75) is 13.0 Å². The lowest BCUT2D eigenvalue weighted by molar-refractivity contribution is -0.385. The molecule has 0 saturated heterocycles. The van der Waals surface area contributed by atoms with Crippen LogP contribution in [0.4, 0.5) is 5.69 Å². The van der Waals surface area contributed by atoms with E-state index in [1.165, 1.54) is 12.1 Å². The van der Waals surface area contributed by atoms with E-state index in [2.05, 4.69) is 0 Å². The number of nitro groups is 1. The number of aliphatic hydroxyl groups excluding tert-OH is 1. The molecular formula is C15H15NO4. The number of non-ortho nitro benzene ring substituents is 1. The Hall–Kier alpha value is -2.40. The average Bonchev–Trinajstić information content (AvgIpc) is 2.46. The Kier molecular flexibility index (Phi) is 4.32. The van der Waals surface area contributed by atoms with E-state index in [0.717, 1.165) is 5.56 Å². The van der Waals surface area contributed by atoms with Crippen molar-refractivity contribution >= 4 is 5.69 Å². The van der Waals surface area contributed by atoms with Crippen LogP contribution >= 0.6 is 0 Å². The van der Waals surface area contributed by atoms with E-state index in [-0.39, 0.29) is 12.3 Å². The monoisotopic (exact) mass is 273 g/mol. The third-order valence-corrected chi connectivity index (χ3v) is 2.96. The van der Waals surface area contributed by atoms with Gasteiger partial charge >= 0.3 is 0 Å². The second-order valence-electron chi connectivity index (χ2n) is 4.44. The highest BCUT2D eigenvalue weighted by Crippen LogP contribution is 2.22. The average molecular weight is 273 g/mol. The minimum atomic E-state index is -0.908. The van der Waals surface area contributed by atoms with Crippen molar-refractivity contribution < 1.29 is 14.8 Å². The molecule has 5 heteroatoms. The summed E-state index contributed by atoms with van der Waals surface area (Å²) in [5, 5.41) is 20.7. The molecule has 0 aromatic heterocycles. The summed E-state index contributed by atoms with van der Waals surface area (Å²) in [6.45, 7) is 1.96. The summed E-state index contributed by atoms with van der Waals surface area (Å²) < 4.78 is 5.53. The highest BCUT2D eigenvalue weighted by Gasteiger charge is 2.13. The molecule has 1 atom stereocenters. The maximum absolute atomic E-state index is 10.7. The van der Waals surface area contributed by atoms with Gasteiger partial charge < -0.3 is 9.84 Å². The number of aryl methyl sites for hydroxylation is 1. The number of rotatable bonds is 5. The molecule has 0 saturated carbocycles. The van der Waals surface area contributed by atoms with Crippen molar-refractivity contribution in [1.82, 2.24) is 0 Å². The van der Waals surface area contributed by atoms with Crippen LogP contribution < -0.4 is 4.74 Å². The van der Waals surface area contributed by atoms with E-state index in [1.54, 1.807) is 12.1 Å². The first-order valence-corrected chi connectivity index (χ1v) is 6.19. The van der Waals surface area contributed by atoms with Crippen molar-refractivity contribution in [3.05, 3.63) is 69.8 Å². The van der Waals surface area contributed by atoms with Gasteiger partial charge in [-0.1, -0.05) is 30.3 Å². The smallest absolute Gasteiger partial charge is 0.269 e. The Balaban J connectivity index is 2.05. The van der Waals surface area contributed by atoms with Crippen LogP contribution in [0.5, 0.6) is 5.75 Å². The van der Waals surface area contributed by atoms with E-state index in [9.17, 15) is 15.2 Å². The number of nitro benzene ring substituents is 1. The molecule has 1 unspecified atom stereocenters. The lowest BCUT2D eigenvalue weighted by Gasteiger charge is -2.14. The molecule has 104 valence electrons. The molecule has 2 aromatic rings. The van der Waals surface area contributed by atoms with Gasteiger partial charge in [0.25, 0.3) is 5.69 Å². The molecule has 0 aliphatic heterocycles. The summed E-state index contributed by atoms with van der Waals surface area (Å²) in [7, 11) is 0. The van der Waals surface area contributed by atoms with Gasteiger partial charge in [0.1, 0.15) is 18.5 Å². The maximum Gasteiger partial charge on any atom is 0.269 e. The normalized spacial score (nSPS) is 11.9. The predicted octanol–water partition coefficient (Wildman–Crippen LogP) is 3.02. The first kappa shape index (κ1) is 14.0. The van der Waals surface area contributed by atoms with E-state index in [4.69, 9.17) is 4.74 Å². The molecule has 0 bridgehead atoms. The van der Waals surface area contributed by atoms with Gasteiger partial charge in [-0.05, 0) is 24.1 Å². The summed E-state index contributed by atoms with van der Waals surface area (Å²) in [5.74, 6) is 0.692. The largest absolute Gasteiger partial charge is 0.490 e. The van der Waals surface area contributed by atoms with Crippen LogP contribution in [0, 0.1) is 17.0 Å². The second kappa shape index (κ2) is 6.16. The molecule has 0 spiro atoms. The molecule has 1 N–H and O–H groups in total. The molecular weight excluding hydrogens is 258 g/mol. The zero-order valence-electron chi connectivity index (χ0n) is 11.0. The van der Waals surface area contributed by atoms with Gasteiger partial charge in [-0.15, -0.1) is 0 Å². The van der Waals surface area contributed by atoms with Gasteiger partial charge in [0, 0.05) is 12.1 Å². The summed E-state index contributed by atoms with van der Waals surface area (Å²) in [4.78, 5) is 10.2. The van der Waals surface area contributed by atoms with Crippen LogP contribution in [0.2, 0.25) is 0 Å². The fourth-order valence-corrected chi connectivity index (χ4v) is 1.83. The van der Waals surface area contributed by atoms with Crippen LogP contribution in [-0.2, 0) is 0 Å². The number of nitrogens with zero attached hydrogens (tertiary/aromatic N) is 1. The van der Waals surface area contributed by atoms with Gasteiger partial charge in [-0.2, -0.15) is 0 Å². The quantitative estimate of drug-likeness (QED) is 0.671. The summed E-state index contributed by atoms with van der Waals surface area (Å²) in [6, 6.07) is 13.4. The second-order valence-corrected chi connectivity index (χ2v) is 4.44. The topological polar surface area (TPSA) is 72.6 Å². The van der Waals surface area contributed by atoms with E-state index in [0.29, 0.717) is 11.3 Å². The Morgan fingerprint density at radius 1 is 1.25 bits per heavy atom. The van der Waals surface area contributed by atoms with Gasteiger partial charge in [0.15, 0.2) is 0 Å². The Morgan fingerprint density at radius 2 is 2.00 bits per heavy atom. The SMILES string of the molecule is Cc1ccccc1OCC(O)c1cccc([N+](=O)[O-])c1. The van der Waals surface area contributed by atoms with Gasteiger partial charge in [0.05, 0.1) is 4.92 Å². The fraction of sp³-hybridized carbons (Fsp3) is 0.200. The van der Waals surface area contributed by atoms with E-state index in [1.807, 2.05) is 31.2 Å². The summed E-state index contributed by atoms with van der Waals surface area (Å²) in [5.41, 5.74) is 1.39. The van der Waals surface area contributed by atoms with Crippen molar-refractivity contribution in [1.29, 1.82) is 0 Å². The lowest BCUT2D eigenvalue weighted by atomic mass is 10.1. The number of ether oxygens (including phenoxy) is 1. The Bertz CT molecular complexity index is 612. The van der Waals surface area contributed by atoms with Gasteiger partial charge in [-0.3, -0.25) is 10.1 Å². The first-order valence-electron chi connectivity index (χ1n) is 6.19. The third-order valence-electron chi connectivity index (χ3n) is 2.96. The number of aliphatic hydroxyl groups is 1. The minimum Gasteiger partial charge on any atom is -0.490 e. The first-order chi connectivity index (χ1) is 9.58. The zero-order valence-corrected chi connectivity index (χ0v) is 11.0. The van der Waals surface area contributed by atoms with Crippen molar-refractivity contribution in [2.75, 3.05) is 6.61 Å². The zero-order chi connectivity index (χ0) is 14.5. The standard InChI is InChI=1S/C15H15NO4/c1-11-5-2-3-8-15(11)20-10-14(17)12-6-4-7-13(9-12)16(18)19/h2-9,14,17H,10H2,1H3. The van der Waals surface area contributed by atoms with E-state index < -0.39 is 11.0 Å². The van der Waals surface area contributed by atoms with Crippen LogP contribution in [0.3, 0.4) is 0 Å². The minimum absolute atomic E-state index is 0.0440. The van der Waals surface area contributed by atoms with Crippen LogP contribution in [0.25, 0.3) is 0 Å².